The van der Waals surface area contributed by atoms with Crippen LogP contribution in [0.15, 0.2) is 24.4 Å². The van der Waals surface area contributed by atoms with Gasteiger partial charge >= 0.3 is 0 Å². The molecule has 0 radical (unpaired) electrons. The fraction of sp³-hybridized carbons (Fsp3) is 0.500. The highest BCUT2D eigenvalue weighted by Crippen LogP contribution is 2.26. The van der Waals surface area contributed by atoms with Crippen LogP contribution in [0, 0.1) is 0 Å². The second kappa shape index (κ2) is 8.76. The number of rotatable bonds is 6. The van der Waals surface area contributed by atoms with E-state index in [2.05, 4.69) is 46.2 Å². The number of hydrogen-bond acceptors (Lipinski definition) is 3. The van der Waals surface area contributed by atoms with Crippen molar-refractivity contribution in [3.05, 3.63) is 35.5 Å². The van der Waals surface area contributed by atoms with E-state index in [4.69, 9.17) is 11.6 Å². The van der Waals surface area contributed by atoms with Gasteiger partial charge in [0, 0.05) is 64.8 Å². The lowest BCUT2D eigenvalue weighted by molar-refractivity contribution is -0.130. The minimum Gasteiger partial charge on any atom is -0.356 e. The molecule has 3 rings (SSSR count). The average Bonchev–Trinajstić information content (AvgIpc) is 2.98. The Labute approximate surface area is 165 Å². The lowest BCUT2D eigenvalue weighted by Crippen LogP contribution is -2.48. The number of hydrogen-bond donors (Lipinski definition) is 1. The van der Waals surface area contributed by atoms with Crippen molar-refractivity contribution in [2.45, 2.75) is 19.9 Å². The Balaban J connectivity index is 1.71. The molecule has 27 heavy (non-hydrogen) atoms. The van der Waals surface area contributed by atoms with Crippen molar-refractivity contribution in [1.82, 2.24) is 19.7 Å². The molecule has 7 heteroatoms. The van der Waals surface area contributed by atoms with Crippen LogP contribution in [0.4, 0.5) is 0 Å². The van der Waals surface area contributed by atoms with Gasteiger partial charge < -0.3 is 14.8 Å². The first kappa shape index (κ1) is 19.7. The standard InChI is InChI=1S/C20H27ClN4O2/c1-15(26)22-7-6-16-13-23(2)20-17(4-3-5-18(16)20)14-24-8-10-25(11-9-24)19(27)12-21/h3-5,13H,6-12,14H2,1-2H3,(H,22,26). The number of carbonyl (C=O) groups excluding carboxylic acids is 2. The van der Waals surface area contributed by atoms with E-state index in [1.807, 2.05) is 4.90 Å². The lowest BCUT2D eigenvalue weighted by atomic mass is 10.1. The summed E-state index contributed by atoms with van der Waals surface area (Å²) in [5.74, 6) is 0.0802. The molecule has 2 aromatic rings. The molecule has 1 aromatic carbocycles. The summed E-state index contributed by atoms with van der Waals surface area (Å²) in [6.07, 6.45) is 2.98. The summed E-state index contributed by atoms with van der Waals surface area (Å²) >= 11 is 5.66. The van der Waals surface area contributed by atoms with Crippen molar-refractivity contribution >= 4 is 34.3 Å². The van der Waals surface area contributed by atoms with E-state index in [0.29, 0.717) is 6.54 Å². The number of aryl methyl sites for hydroxylation is 1. The van der Waals surface area contributed by atoms with E-state index >= 15 is 0 Å². The molecule has 0 saturated carbocycles. The number of fused-ring (bicyclic) bond motifs is 1. The van der Waals surface area contributed by atoms with Crippen LogP contribution >= 0.6 is 11.6 Å². The van der Waals surface area contributed by atoms with E-state index in [9.17, 15) is 9.59 Å². The van der Waals surface area contributed by atoms with Crippen LogP contribution in [0.25, 0.3) is 10.9 Å². The molecule has 0 aliphatic carbocycles. The zero-order valence-electron chi connectivity index (χ0n) is 16.0. The van der Waals surface area contributed by atoms with Gasteiger partial charge in [0.05, 0.1) is 5.52 Å². The Morgan fingerprint density at radius 1 is 1.15 bits per heavy atom. The SMILES string of the molecule is CC(=O)NCCc1cn(C)c2c(CN3CCN(C(=O)CCl)CC3)cccc12. The number of halogens is 1. The summed E-state index contributed by atoms with van der Waals surface area (Å²) in [5, 5.41) is 4.11. The van der Waals surface area contributed by atoms with Gasteiger partial charge in [0.1, 0.15) is 5.88 Å². The Hall–Kier alpha value is -2.05. The maximum absolute atomic E-state index is 11.7. The van der Waals surface area contributed by atoms with Crippen LogP contribution in [0.5, 0.6) is 0 Å². The van der Waals surface area contributed by atoms with Crippen LogP contribution in [0.3, 0.4) is 0 Å². The summed E-state index contributed by atoms with van der Waals surface area (Å²) < 4.78 is 2.18. The van der Waals surface area contributed by atoms with E-state index in [0.717, 1.165) is 39.1 Å². The molecule has 0 atom stereocenters. The number of nitrogens with zero attached hydrogens (tertiary/aromatic N) is 3. The number of nitrogens with one attached hydrogen (secondary N) is 1. The summed E-state index contributed by atoms with van der Waals surface area (Å²) in [7, 11) is 2.07. The lowest BCUT2D eigenvalue weighted by Gasteiger charge is -2.34. The van der Waals surface area contributed by atoms with Gasteiger partial charge in [-0.1, -0.05) is 18.2 Å². The monoisotopic (exact) mass is 390 g/mol. The van der Waals surface area contributed by atoms with Crippen molar-refractivity contribution in [2.24, 2.45) is 7.05 Å². The third-order valence-electron chi connectivity index (χ3n) is 5.17. The van der Waals surface area contributed by atoms with Gasteiger partial charge in [0.25, 0.3) is 0 Å². The van der Waals surface area contributed by atoms with Gasteiger partial charge in [-0.15, -0.1) is 11.6 Å². The first-order chi connectivity index (χ1) is 13.0. The predicted octanol–water partition coefficient (Wildman–Crippen LogP) is 1.74. The van der Waals surface area contributed by atoms with Crippen LogP contribution in [0.2, 0.25) is 0 Å². The number of alkyl halides is 1. The van der Waals surface area contributed by atoms with Crippen molar-refractivity contribution < 1.29 is 9.59 Å². The van der Waals surface area contributed by atoms with Gasteiger partial charge in [0.15, 0.2) is 0 Å². The van der Waals surface area contributed by atoms with Crippen molar-refractivity contribution in [3.8, 4) is 0 Å². The molecular weight excluding hydrogens is 364 g/mol. The Bertz CT molecular complexity index is 825. The normalized spacial score (nSPS) is 15.3. The molecule has 1 aliphatic heterocycles. The summed E-state index contributed by atoms with van der Waals surface area (Å²) in [5.41, 5.74) is 3.79. The zero-order valence-corrected chi connectivity index (χ0v) is 16.8. The molecular formula is C20H27ClN4O2. The minimum absolute atomic E-state index is 0.00252. The number of para-hydroxylation sites is 1. The minimum atomic E-state index is 0.00252. The molecule has 146 valence electrons. The van der Waals surface area contributed by atoms with Gasteiger partial charge in [-0.2, -0.15) is 0 Å². The third kappa shape index (κ3) is 4.62. The topological polar surface area (TPSA) is 57.6 Å². The van der Waals surface area contributed by atoms with Crippen molar-refractivity contribution in [1.29, 1.82) is 0 Å². The summed E-state index contributed by atoms with van der Waals surface area (Å²) in [4.78, 5) is 27.1. The van der Waals surface area contributed by atoms with Crippen molar-refractivity contribution in [2.75, 3.05) is 38.6 Å². The van der Waals surface area contributed by atoms with Crippen molar-refractivity contribution in [3.63, 3.8) is 0 Å². The molecule has 1 fully saturated rings. The van der Waals surface area contributed by atoms with Crippen LogP contribution in [0.1, 0.15) is 18.1 Å². The first-order valence-corrected chi connectivity index (χ1v) is 9.89. The molecule has 1 aromatic heterocycles. The number of benzene rings is 1. The van der Waals surface area contributed by atoms with Crippen LogP contribution in [-0.2, 0) is 29.6 Å². The van der Waals surface area contributed by atoms with Crippen LogP contribution < -0.4 is 5.32 Å². The molecule has 0 spiro atoms. The van der Waals surface area contributed by atoms with Crippen LogP contribution in [-0.4, -0.2) is 64.8 Å². The van der Waals surface area contributed by atoms with E-state index in [1.54, 1.807) is 6.92 Å². The van der Waals surface area contributed by atoms with Gasteiger partial charge in [0.2, 0.25) is 11.8 Å². The number of aromatic nitrogens is 1. The molecule has 1 N–H and O–H groups in total. The Morgan fingerprint density at radius 3 is 2.56 bits per heavy atom. The smallest absolute Gasteiger partial charge is 0.237 e. The highest BCUT2D eigenvalue weighted by molar-refractivity contribution is 6.27. The fourth-order valence-corrected chi connectivity index (χ4v) is 3.98. The van der Waals surface area contributed by atoms with E-state index < -0.39 is 0 Å². The van der Waals surface area contributed by atoms with Gasteiger partial charge in [-0.3, -0.25) is 14.5 Å². The molecule has 0 unspecified atom stereocenters. The third-order valence-corrected chi connectivity index (χ3v) is 5.40. The maximum Gasteiger partial charge on any atom is 0.237 e. The highest BCUT2D eigenvalue weighted by Gasteiger charge is 2.21. The molecule has 6 nitrogen and oxygen atoms in total. The summed E-state index contributed by atoms with van der Waals surface area (Å²) in [6.45, 7) is 6.24. The largest absolute Gasteiger partial charge is 0.356 e. The van der Waals surface area contributed by atoms with E-state index in [1.165, 1.54) is 22.0 Å². The fourth-order valence-electron chi connectivity index (χ4n) is 3.82. The predicted molar refractivity (Wildman–Crippen MR) is 108 cm³/mol. The van der Waals surface area contributed by atoms with Gasteiger partial charge in [-0.05, 0) is 17.5 Å². The first-order valence-electron chi connectivity index (χ1n) is 9.36. The second-order valence-corrected chi connectivity index (χ2v) is 7.37. The highest BCUT2D eigenvalue weighted by atomic mass is 35.5. The molecule has 0 bridgehead atoms. The average molecular weight is 391 g/mol. The zero-order chi connectivity index (χ0) is 19.4. The van der Waals surface area contributed by atoms with Gasteiger partial charge in [-0.25, -0.2) is 0 Å². The number of amides is 2. The number of carbonyl (C=O) groups is 2. The second-order valence-electron chi connectivity index (χ2n) is 7.10. The Kier molecular flexibility index (Phi) is 6.39. The molecule has 1 saturated heterocycles. The number of piperazine rings is 1. The molecule has 2 heterocycles. The summed E-state index contributed by atoms with van der Waals surface area (Å²) in [6, 6.07) is 6.43. The van der Waals surface area contributed by atoms with E-state index in [-0.39, 0.29) is 17.7 Å². The molecule has 1 aliphatic rings. The Morgan fingerprint density at radius 2 is 1.89 bits per heavy atom. The maximum atomic E-state index is 11.7. The quantitative estimate of drug-likeness (QED) is 0.764. The molecule has 2 amide bonds.